The van der Waals surface area contributed by atoms with Crippen molar-refractivity contribution in [2.75, 3.05) is 39.4 Å². The van der Waals surface area contributed by atoms with E-state index in [0.29, 0.717) is 25.3 Å². The molecule has 0 radical (unpaired) electrons. The Hall–Kier alpha value is -3.63. The molecule has 1 aromatic heterocycles. The van der Waals surface area contributed by atoms with E-state index in [1.165, 1.54) is 18.2 Å². The normalized spacial score (nSPS) is 14.2. The van der Waals surface area contributed by atoms with E-state index in [0.717, 1.165) is 27.9 Å². The quantitative estimate of drug-likeness (QED) is 0.556. The van der Waals surface area contributed by atoms with Gasteiger partial charge in [-0.25, -0.2) is 9.18 Å². The van der Waals surface area contributed by atoms with Crippen molar-refractivity contribution in [3.05, 3.63) is 92.0 Å². The van der Waals surface area contributed by atoms with Gasteiger partial charge >= 0.3 is 5.69 Å². The topological polar surface area (TPSA) is 98.5 Å². The van der Waals surface area contributed by atoms with Gasteiger partial charge in [-0.1, -0.05) is 42.0 Å². The first-order valence-corrected chi connectivity index (χ1v) is 11.1. The van der Waals surface area contributed by atoms with Crippen molar-refractivity contribution >= 4 is 5.91 Å². The number of carbonyl (C=O) groups is 1. The summed E-state index contributed by atoms with van der Waals surface area (Å²) in [4.78, 5) is 41.4. The summed E-state index contributed by atoms with van der Waals surface area (Å²) in [6.45, 7) is 5.47. The standard InChI is InChI=1S/C24H26FN5O4/c1-17-5-4-6-18(15-17)16-29-23(32)21(22(31)26-9-10-28-11-13-34-14-12-28)27-30(24(29)33)20-8-3-2-7-19(20)25/h2-8,15H,9-14,16H2,1H3,(H,26,31). The lowest BCUT2D eigenvalue weighted by Crippen LogP contribution is -2.47. The molecule has 34 heavy (non-hydrogen) atoms. The van der Waals surface area contributed by atoms with E-state index in [4.69, 9.17) is 4.74 Å². The van der Waals surface area contributed by atoms with Crippen LogP contribution in [0.1, 0.15) is 21.6 Å². The molecular weight excluding hydrogens is 441 g/mol. The Morgan fingerprint density at radius 2 is 1.88 bits per heavy atom. The van der Waals surface area contributed by atoms with Gasteiger partial charge in [-0.05, 0) is 24.6 Å². The number of para-hydroxylation sites is 1. The van der Waals surface area contributed by atoms with Crippen molar-refractivity contribution in [2.24, 2.45) is 0 Å². The van der Waals surface area contributed by atoms with Crippen molar-refractivity contribution < 1.29 is 13.9 Å². The minimum Gasteiger partial charge on any atom is -0.379 e. The van der Waals surface area contributed by atoms with E-state index >= 15 is 0 Å². The lowest BCUT2D eigenvalue weighted by atomic mass is 10.1. The number of morpholine rings is 1. The van der Waals surface area contributed by atoms with Crippen molar-refractivity contribution in [1.29, 1.82) is 0 Å². The molecule has 3 aromatic rings. The Bertz CT molecular complexity index is 1300. The molecule has 0 spiro atoms. The molecule has 9 nitrogen and oxygen atoms in total. The Balaban J connectivity index is 1.69. The predicted molar refractivity (Wildman–Crippen MR) is 124 cm³/mol. The van der Waals surface area contributed by atoms with Gasteiger partial charge in [0.25, 0.3) is 11.5 Å². The van der Waals surface area contributed by atoms with Gasteiger partial charge in [-0.2, -0.15) is 9.78 Å². The van der Waals surface area contributed by atoms with Gasteiger partial charge in [0.15, 0.2) is 0 Å². The molecule has 1 saturated heterocycles. The molecule has 1 amide bonds. The van der Waals surface area contributed by atoms with Crippen LogP contribution in [0.3, 0.4) is 0 Å². The zero-order chi connectivity index (χ0) is 24.1. The van der Waals surface area contributed by atoms with Gasteiger partial charge in [0.05, 0.1) is 19.8 Å². The van der Waals surface area contributed by atoms with Crippen LogP contribution >= 0.6 is 0 Å². The summed E-state index contributed by atoms with van der Waals surface area (Å²) in [5.41, 5.74) is -0.631. The molecule has 0 unspecified atom stereocenters. The number of nitrogens with one attached hydrogen (secondary N) is 1. The molecule has 178 valence electrons. The second-order valence-corrected chi connectivity index (χ2v) is 8.08. The van der Waals surface area contributed by atoms with Crippen molar-refractivity contribution in [2.45, 2.75) is 13.5 Å². The molecule has 0 atom stereocenters. The second-order valence-electron chi connectivity index (χ2n) is 8.08. The van der Waals surface area contributed by atoms with E-state index in [1.807, 2.05) is 25.1 Å². The van der Waals surface area contributed by atoms with Crippen molar-refractivity contribution in [3.8, 4) is 5.69 Å². The highest BCUT2D eigenvalue weighted by atomic mass is 19.1. The third-order valence-electron chi connectivity index (χ3n) is 5.60. The average molecular weight is 468 g/mol. The highest BCUT2D eigenvalue weighted by Crippen LogP contribution is 2.10. The number of carbonyl (C=O) groups excluding carboxylic acids is 1. The summed E-state index contributed by atoms with van der Waals surface area (Å²) in [6.07, 6.45) is 0. The monoisotopic (exact) mass is 467 g/mol. The molecule has 2 heterocycles. The Morgan fingerprint density at radius 3 is 2.62 bits per heavy atom. The molecule has 10 heteroatoms. The van der Waals surface area contributed by atoms with Crippen LogP contribution in [0.25, 0.3) is 5.69 Å². The number of rotatable bonds is 7. The molecule has 2 aromatic carbocycles. The number of amides is 1. The van der Waals surface area contributed by atoms with E-state index in [9.17, 15) is 18.8 Å². The fourth-order valence-electron chi connectivity index (χ4n) is 3.81. The molecule has 0 bridgehead atoms. The first-order valence-electron chi connectivity index (χ1n) is 11.1. The maximum absolute atomic E-state index is 14.5. The van der Waals surface area contributed by atoms with Crippen LogP contribution in [0.4, 0.5) is 4.39 Å². The van der Waals surface area contributed by atoms with Gasteiger partial charge in [0.1, 0.15) is 11.5 Å². The van der Waals surface area contributed by atoms with Gasteiger partial charge in [0.2, 0.25) is 5.69 Å². The number of ether oxygens (including phenoxy) is 1. The molecule has 1 fully saturated rings. The van der Waals surface area contributed by atoms with Gasteiger partial charge in [0, 0.05) is 26.2 Å². The van der Waals surface area contributed by atoms with Crippen LogP contribution in [-0.2, 0) is 11.3 Å². The fraction of sp³-hybridized carbons (Fsp3) is 0.333. The predicted octanol–water partition coefficient (Wildman–Crippen LogP) is 0.952. The fourth-order valence-corrected chi connectivity index (χ4v) is 3.81. The third kappa shape index (κ3) is 5.29. The van der Waals surface area contributed by atoms with Crippen molar-refractivity contribution in [3.63, 3.8) is 0 Å². The first kappa shape index (κ1) is 23.5. The third-order valence-corrected chi connectivity index (χ3v) is 5.60. The highest BCUT2D eigenvalue weighted by molar-refractivity contribution is 5.91. The maximum Gasteiger partial charge on any atom is 0.352 e. The van der Waals surface area contributed by atoms with E-state index < -0.39 is 28.7 Å². The van der Waals surface area contributed by atoms with Crippen LogP contribution in [0.5, 0.6) is 0 Å². The maximum atomic E-state index is 14.5. The summed E-state index contributed by atoms with van der Waals surface area (Å²) in [5.74, 6) is -1.42. The first-order chi connectivity index (χ1) is 16.4. The summed E-state index contributed by atoms with van der Waals surface area (Å²) in [7, 11) is 0. The number of nitrogens with zero attached hydrogens (tertiary/aromatic N) is 4. The smallest absolute Gasteiger partial charge is 0.352 e. The molecule has 1 aliphatic heterocycles. The molecule has 1 aliphatic rings. The number of hydrogen-bond donors (Lipinski definition) is 1. The minimum atomic E-state index is -0.832. The summed E-state index contributed by atoms with van der Waals surface area (Å²) < 4.78 is 21.5. The number of aryl methyl sites for hydroxylation is 1. The van der Waals surface area contributed by atoms with Crippen molar-refractivity contribution in [1.82, 2.24) is 24.6 Å². The molecular formula is C24H26FN5O4. The molecule has 1 N–H and O–H groups in total. The number of aromatic nitrogens is 3. The lowest BCUT2D eigenvalue weighted by molar-refractivity contribution is 0.0383. The van der Waals surface area contributed by atoms with E-state index in [1.54, 1.807) is 12.1 Å². The van der Waals surface area contributed by atoms with Gasteiger partial charge < -0.3 is 10.1 Å². The number of hydrogen-bond acceptors (Lipinski definition) is 6. The Kier molecular flexibility index (Phi) is 7.29. The lowest BCUT2D eigenvalue weighted by Gasteiger charge is -2.26. The largest absolute Gasteiger partial charge is 0.379 e. The molecule has 4 rings (SSSR count). The van der Waals surface area contributed by atoms with E-state index in [-0.39, 0.29) is 18.8 Å². The Morgan fingerprint density at radius 1 is 1.12 bits per heavy atom. The van der Waals surface area contributed by atoms with Gasteiger partial charge in [-0.15, -0.1) is 0 Å². The molecule has 0 aliphatic carbocycles. The van der Waals surface area contributed by atoms with Crippen LogP contribution in [0.15, 0.2) is 58.1 Å². The summed E-state index contributed by atoms with van der Waals surface area (Å²) in [6, 6.07) is 12.9. The highest BCUT2D eigenvalue weighted by Gasteiger charge is 2.22. The van der Waals surface area contributed by atoms with Crippen LogP contribution < -0.4 is 16.6 Å². The minimum absolute atomic E-state index is 0.0790. The van der Waals surface area contributed by atoms with E-state index in [2.05, 4.69) is 15.3 Å². The average Bonchev–Trinajstić information content (AvgIpc) is 2.83. The number of benzene rings is 2. The summed E-state index contributed by atoms with van der Waals surface area (Å²) in [5, 5.41) is 6.67. The SMILES string of the molecule is Cc1cccc(Cn2c(=O)c(C(=O)NCCN3CCOCC3)nn(-c3ccccc3F)c2=O)c1. The second kappa shape index (κ2) is 10.5. The van der Waals surface area contributed by atoms with Gasteiger partial charge in [-0.3, -0.25) is 19.1 Å². The number of halogens is 1. The molecule has 0 saturated carbocycles. The van der Waals surface area contributed by atoms with Crippen LogP contribution in [-0.4, -0.2) is 64.5 Å². The summed E-state index contributed by atoms with van der Waals surface area (Å²) >= 11 is 0. The van der Waals surface area contributed by atoms with Crippen LogP contribution in [0.2, 0.25) is 0 Å². The zero-order valence-electron chi connectivity index (χ0n) is 18.9. The van der Waals surface area contributed by atoms with Crippen LogP contribution in [0, 0.1) is 12.7 Å². The Labute approximate surface area is 195 Å². The zero-order valence-corrected chi connectivity index (χ0v) is 18.9.